The summed E-state index contributed by atoms with van der Waals surface area (Å²) >= 11 is 0. The minimum atomic E-state index is -3.12. The Labute approximate surface area is 117 Å². The van der Waals surface area contributed by atoms with Crippen LogP contribution in [0, 0.1) is 11.8 Å². The van der Waals surface area contributed by atoms with Crippen LogP contribution in [0.1, 0.15) is 23.3 Å². The van der Waals surface area contributed by atoms with Crippen molar-refractivity contribution >= 4 is 9.84 Å². The number of hydrogen-bond donors (Lipinski definition) is 0. The lowest BCUT2D eigenvalue weighted by atomic mass is 9.72. The lowest BCUT2D eigenvalue weighted by molar-refractivity contribution is 0.0533. The zero-order valence-electron chi connectivity index (χ0n) is 10.7. The predicted octanol–water partition coefficient (Wildman–Crippen LogP) is 2.34. The maximum Gasteiger partial charge on any atom is 0.163 e. The molecule has 102 valence electrons. The van der Waals surface area contributed by atoms with Crippen LogP contribution in [0.5, 0.6) is 0 Å². The standard InChI is InChI=1S/C16H14O3S/c17-20(18)11-7-3-4-8-12(20)14-13(11)15-9-5-1-2-6-10(9)16(14)19-15/h1-8,11-16H/t11-,12-,13-,14+,15+,16+/m0/s1. The molecule has 0 N–H and O–H groups in total. The first-order chi connectivity index (χ1) is 9.69. The van der Waals surface area contributed by atoms with Gasteiger partial charge < -0.3 is 4.74 Å². The number of fused-ring (bicyclic) bond motifs is 12. The summed E-state index contributed by atoms with van der Waals surface area (Å²) in [5, 5.41) is -0.785. The third-order valence-corrected chi connectivity index (χ3v) is 7.74. The first kappa shape index (κ1) is 11.3. The molecule has 6 atom stereocenters. The van der Waals surface area contributed by atoms with Gasteiger partial charge in [-0.3, -0.25) is 0 Å². The smallest absolute Gasteiger partial charge is 0.163 e. The third kappa shape index (κ3) is 1.10. The minimum Gasteiger partial charge on any atom is -0.365 e. The van der Waals surface area contributed by atoms with E-state index >= 15 is 0 Å². The van der Waals surface area contributed by atoms with Crippen molar-refractivity contribution in [2.24, 2.45) is 11.8 Å². The van der Waals surface area contributed by atoms with E-state index < -0.39 is 20.3 Å². The molecule has 4 heteroatoms. The summed E-state index contributed by atoms with van der Waals surface area (Å²) in [4.78, 5) is 0. The molecule has 0 unspecified atom stereocenters. The Bertz CT molecular complexity index is 705. The molecule has 5 rings (SSSR count). The largest absolute Gasteiger partial charge is 0.365 e. The molecule has 4 heterocycles. The Morgan fingerprint density at radius 2 is 1.35 bits per heavy atom. The molecular formula is C16H14O3S. The van der Waals surface area contributed by atoms with Crippen molar-refractivity contribution in [1.82, 2.24) is 0 Å². The van der Waals surface area contributed by atoms with Crippen LogP contribution >= 0.6 is 0 Å². The summed E-state index contributed by atoms with van der Waals surface area (Å²) in [5.74, 6) is 0.150. The number of benzene rings is 1. The van der Waals surface area contributed by atoms with Gasteiger partial charge in [-0.05, 0) is 11.1 Å². The van der Waals surface area contributed by atoms with Crippen molar-refractivity contribution in [1.29, 1.82) is 0 Å². The number of ether oxygens (including phenoxy) is 1. The lowest BCUT2D eigenvalue weighted by Crippen LogP contribution is -2.26. The summed E-state index contributed by atoms with van der Waals surface area (Å²) in [6, 6.07) is 8.18. The molecule has 4 aliphatic heterocycles. The molecule has 0 spiro atoms. The van der Waals surface area contributed by atoms with Gasteiger partial charge in [0.05, 0.1) is 22.7 Å². The van der Waals surface area contributed by atoms with E-state index in [1.165, 1.54) is 11.1 Å². The predicted molar refractivity (Wildman–Crippen MR) is 74.8 cm³/mol. The van der Waals surface area contributed by atoms with E-state index in [9.17, 15) is 8.42 Å². The molecule has 3 nitrogen and oxygen atoms in total. The second kappa shape index (κ2) is 3.43. The van der Waals surface area contributed by atoms with Crippen molar-refractivity contribution in [2.45, 2.75) is 22.7 Å². The highest BCUT2D eigenvalue weighted by atomic mass is 32.2. The highest BCUT2D eigenvalue weighted by molar-refractivity contribution is 7.93. The zero-order valence-corrected chi connectivity index (χ0v) is 11.5. The van der Waals surface area contributed by atoms with Gasteiger partial charge in [0.15, 0.2) is 9.84 Å². The number of sulfone groups is 1. The summed E-state index contributed by atoms with van der Waals surface area (Å²) in [7, 11) is -3.12. The van der Waals surface area contributed by atoms with E-state index in [-0.39, 0.29) is 24.0 Å². The Kier molecular flexibility index (Phi) is 1.94. The third-order valence-electron chi connectivity index (χ3n) is 5.28. The van der Waals surface area contributed by atoms with Crippen LogP contribution < -0.4 is 0 Å². The van der Waals surface area contributed by atoms with Crippen LogP contribution in [-0.4, -0.2) is 18.9 Å². The normalized spacial score (nSPS) is 45.2. The Balaban J connectivity index is 1.75. The average molecular weight is 286 g/mol. The summed E-state index contributed by atoms with van der Waals surface area (Å²) in [6.07, 6.45) is 7.34. The van der Waals surface area contributed by atoms with Crippen LogP contribution in [-0.2, 0) is 14.6 Å². The minimum absolute atomic E-state index is 0.0536. The summed E-state index contributed by atoms with van der Waals surface area (Å²) < 4.78 is 31.6. The molecule has 2 saturated heterocycles. The second-order valence-corrected chi connectivity index (χ2v) is 8.32. The van der Waals surface area contributed by atoms with Crippen LogP contribution in [0.2, 0.25) is 0 Å². The molecule has 0 radical (unpaired) electrons. The van der Waals surface area contributed by atoms with E-state index in [0.29, 0.717) is 0 Å². The van der Waals surface area contributed by atoms with Crippen LogP contribution in [0.25, 0.3) is 0 Å². The topological polar surface area (TPSA) is 43.4 Å². The average Bonchev–Trinajstić information content (AvgIpc) is 2.97. The Hall–Kier alpha value is -1.39. The van der Waals surface area contributed by atoms with Gasteiger partial charge in [-0.2, -0.15) is 0 Å². The Morgan fingerprint density at radius 3 is 1.85 bits per heavy atom. The molecule has 1 aromatic carbocycles. The quantitative estimate of drug-likeness (QED) is 0.735. The van der Waals surface area contributed by atoms with Crippen LogP contribution in [0.3, 0.4) is 0 Å². The molecule has 1 aromatic rings. The molecule has 2 fully saturated rings. The van der Waals surface area contributed by atoms with Gasteiger partial charge in [-0.15, -0.1) is 0 Å². The molecule has 4 aliphatic rings. The summed E-state index contributed by atoms with van der Waals surface area (Å²) in [5.41, 5.74) is 2.38. The van der Waals surface area contributed by atoms with Crippen molar-refractivity contribution in [3.63, 3.8) is 0 Å². The van der Waals surface area contributed by atoms with Gasteiger partial charge in [0.25, 0.3) is 0 Å². The molecule has 0 saturated carbocycles. The van der Waals surface area contributed by atoms with Gasteiger partial charge in [0.1, 0.15) is 0 Å². The van der Waals surface area contributed by atoms with E-state index in [0.717, 1.165) is 0 Å². The van der Waals surface area contributed by atoms with Crippen LogP contribution in [0.4, 0.5) is 0 Å². The monoisotopic (exact) mass is 286 g/mol. The molecule has 0 aromatic heterocycles. The fourth-order valence-corrected chi connectivity index (χ4v) is 7.07. The van der Waals surface area contributed by atoms with Gasteiger partial charge >= 0.3 is 0 Å². The molecule has 0 amide bonds. The molecule has 20 heavy (non-hydrogen) atoms. The summed E-state index contributed by atoms with van der Waals surface area (Å²) in [6.45, 7) is 0. The lowest BCUT2D eigenvalue weighted by Gasteiger charge is -2.26. The van der Waals surface area contributed by atoms with Crippen molar-refractivity contribution in [2.75, 3.05) is 0 Å². The fraction of sp³-hybridized carbons (Fsp3) is 0.375. The first-order valence-corrected chi connectivity index (χ1v) is 8.62. The molecular weight excluding hydrogens is 272 g/mol. The van der Waals surface area contributed by atoms with Gasteiger partial charge in [0, 0.05) is 11.8 Å². The molecule has 0 aliphatic carbocycles. The number of hydrogen-bond acceptors (Lipinski definition) is 3. The van der Waals surface area contributed by atoms with Gasteiger partial charge in [-0.25, -0.2) is 8.42 Å². The van der Waals surface area contributed by atoms with Crippen molar-refractivity contribution < 1.29 is 13.2 Å². The van der Waals surface area contributed by atoms with E-state index in [1.54, 1.807) is 0 Å². The SMILES string of the molecule is O=S1(=O)[C@H]2C=CC=C[C@H]1[C@H]1[C@@H]2[C@@H]2O[C@@H]1c1ccccc12. The van der Waals surface area contributed by atoms with E-state index in [2.05, 4.69) is 12.1 Å². The van der Waals surface area contributed by atoms with Crippen LogP contribution in [0.15, 0.2) is 48.6 Å². The Morgan fingerprint density at radius 1 is 0.850 bits per heavy atom. The maximum absolute atomic E-state index is 12.7. The van der Waals surface area contributed by atoms with Gasteiger partial charge in [-0.1, -0.05) is 48.6 Å². The number of rotatable bonds is 0. The van der Waals surface area contributed by atoms with E-state index in [1.807, 2.05) is 36.4 Å². The maximum atomic E-state index is 12.7. The fourth-order valence-electron chi connectivity index (χ4n) is 4.56. The van der Waals surface area contributed by atoms with Crippen molar-refractivity contribution in [3.05, 3.63) is 59.7 Å². The highest BCUT2D eigenvalue weighted by Gasteiger charge is 2.66. The molecule has 4 bridgehead atoms. The van der Waals surface area contributed by atoms with E-state index in [4.69, 9.17) is 4.74 Å². The van der Waals surface area contributed by atoms with Crippen molar-refractivity contribution in [3.8, 4) is 0 Å². The first-order valence-electron chi connectivity index (χ1n) is 7.01. The highest BCUT2D eigenvalue weighted by Crippen LogP contribution is 2.64. The number of allylic oxidation sites excluding steroid dienone is 2. The van der Waals surface area contributed by atoms with Gasteiger partial charge in [0.2, 0.25) is 0 Å². The zero-order chi connectivity index (χ0) is 13.5. The second-order valence-electron chi connectivity index (χ2n) is 6.05.